The third-order valence-electron chi connectivity index (χ3n) is 5.13. The lowest BCUT2D eigenvalue weighted by molar-refractivity contribution is -0.119. The summed E-state index contributed by atoms with van der Waals surface area (Å²) in [5.41, 5.74) is 0. The van der Waals surface area contributed by atoms with Gasteiger partial charge in [0.2, 0.25) is 11.7 Å². The molecule has 3 aromatic heterocycles. The van der Waals surface area contributed by atoms with Crippen molar-refractivity contribution in [2.45, 2.75) is 56.8 Å². The zero-order valence-corrected chi connectivity index (χ0v) is 18.4. The van der Waals surface area contributed by atoms with Gasteiger partial charge >= 0.3 is 0 Å². The number of nitrogens with one attached hydrogen (secondary N) is 1. The number of thiophene rings is 1. The highest BCUT2D eigenvalue weighted by atomic mass is 32.2. The zero-order valence-electron chi connectivity index (χ0n) is 16.8. The predicted molar refractivity (Wildman–Crippen MR) is 117 cm³/mol. The van der Waals surface area contributed by atoms with Gasteiger partial charge < -0.3 is 9.73 Å². The summed E-state index contributed by atoms with van der Waals surface area (Å²) in [6, 6.07) is 7.78. The van der Waals surface area contributed by atoms with E-state index in [4.69, 9.17) is 4.42 Å². The third-order valence-corrected chi connectivity index (χ3v) is 7.20. The molecule has 1 amide bonds. The fraction of sp³-hybridized carbons (Fsp3) is 0.429. The number of furan rings is 1. The highest BCUT2D eigenvalue weighted by molar-refractivity contribution is 7.99. The van der Waals surface area contributed by atoms with E-state index in [1.165, 1.54) is 49.3 Å². The molecule has 1 N–H and O–H groups in total. The first-order valence-electron chi connectivity index (χ1n) is 10.1. The summed E-state index contributed by atoms with van der Waals surface area (Å²) in [6.07, 6.45) is 7.46. The van der Waals surface area contributed by atoms with Crippen LogP contribution in [0.1, 0.15) is 59.6 Å². The Balaban J connectivity index is 1.48. The van der Waals surface area contributed by atoms with Gasteiger partial charge in [-0.15, -0.1) is 21.5 Å². The van der Waals surface area contributed by atoms with Crippen molar-refractivity contribution >= 4 is 34.8 Å². The minimum absolute atomic E-state index is 0.0526. The topological polar surface area (TPSA) is 90.0 Å². The van der Waals surface area contributed by atoms with Crippen LogP contribution >= 0.6 is 23.1 Å². The van der Waals surface area contributed by atoms with E-state index in [0.717, 1.165) is 28.7 Å². The molecule has 0 atom stereocenters. The molecule has 3 heterocycles. The van der Waals surface area contributed by atoms with Gasteiger partial charge in [-0.2, -0.15) is 0 Å². The van der Waals surface area contributed by atoms with Gasteiger partial charge in [-0.05, 0) is 37.1 Å². The van der Waals surface area contributed by atoms with Crippen LogP contribution in [0.25, 0.3) is 11.6 Å². The summed E-state index contributed by atoms with van der Waals surface area (Å²) < 4.78 is 7.73. The van der Waals surface area contributed by atoms with Crippen molar-refractivity contribution in [3.8, 4) is 11.6 Å². The van der Waals surface area contributed by atoms with Crippen LogP contribution in [-0.4, -0.2) is 32.2 Å². The van der Waals surface area contributed by atoms with Gasteiger partial charge in [-0.3, -0.25) is 14.2 Å². The van der Waals surface area contributed by atoms with Gasteiger partial charge in [-0.25, -0.2) is 0 Å². The highest BCUT2D eigenvalue weighted by Crippen LogP contribution is 2.36. The normalized spacial score (nSPS) is 14.7. The number of hydrogen-bond acceptors (Lipinski definition) is 7. The van der Waals surface area contributed by atoms with Crippen molar-refractivity contribution in [1.29, 1.82) is 0 Å². The van der Waals surface area contributed by atoms with Crippen molar-refractivity contribution in [1.82, 2.24) is 20.1 Å². The van der Waals surface area contributed by atoms with Gasteiger partial charge in [0.25, 0.3) is 0 Å². The number of aromatic nitrogens is 3. The van der Waals surface area contributed by atoms with Gasteiger partial charge in [0.1, 0.15) is 0 Å². The summed E-state index contributed by atoms with van der Waals surface area (Å²) >= 11 is 2.84. The molecule has 3 aromatic rings. The van der Waals surface area contributed by atoms with Crippen molar-refractivity contribution in [3.63, 3.8) is 0 Å². The lowest BCUT2D eigenvalue weighted by Crippen LogP contribution is -2.18. The summed E-state index contributed by atoms with van der Waals surface area (Å²) in [7, 11) is 0. The Morgan fingerprint density at radius 3 is 2.80 bits per heavy atom. The Bertz CT molecular complexity index is 1000. The van der Waals surface area contributed by atoms with Crippen molar-refractivity contribution in [2.24, 2.45) is 0 Å². The minimum Gasteiger partial charge on any atom is -0.461 e. The maximum absolute atomic E-state index is 12.7. The van der Waals surface area contributed by atoms with Crippen LogP contribution in [0, 0.1) is 0 Å². The monoisotopic (exact) mass is 444 g/mol. The smallest absolute Gasteiger partial charge is 0.217 e. The highest BCUT2D eigenvalue weighted by Gasteiger charge is 2.25. The molecular formula is C21H24N4O3S2. The van der Waals surface area contributed by atoms with E-state index in [0.29, 0.717) is 29.0 Å². The Labute approximate surface area is 183 Å². The van der Waals surface area contributed by atoms with Crippen LogP contribution in [0.2, 0.25) is 0 Å². The second-order valence-electron chi connectivity index (χ2n) is 7.33. The van der Waals surface area contributed by atoms with E-state index < -0.39 is 0 Å². The first-order valence-corrected chi connectivity index (χ1v) is 11.9. The first-order chi connectivity index (χ1) is 14.6. The van der Waals surface area contributed by atoms with Crippen LogP contribution < -0.4 is 5.32 Å². The molecule has 1 fully saturated rings. The summed E-state index contributed by atoms with van der Waals surface area (Å²) in [5, 5.41) is 12.3. The molecule has 0 spiro atoms. The fourth-order valence-electron chi connectivity index (χ4n) is 3.65. The molecule has 1 saturated carbocycles. The van der Waals surface area contributed by atoms with Gasteiger partial charge in [0, 0.05) is 17.8 Å². The van der Waals surface area contributed by atoms with Crippen LogP contribution in [0.15, 0.2) is 40.1 Å². The van der Waals surface area contributed by atoms with Crippen molar-refractivity contribution in [3.05, 3.63) is 40.3 Å². The van der Waals surface area contributed by atoms with Crippen LogP contribution in [-0.2, 0) is 11.3 Å². The van der Waals surface area contributed by atoms with E-state index in [1.807, 2.05) is 24.3 Å². The Morgan fingerprint density at radius 1 is 1.23 bits per heavy atom. The predicted octanol–water partition coefficient (Wildman–Crippen LogP) is 4.72. The number of carbonyl (C=O) groups excluding carboxylic acids is 2. The first kappa shape index (κ1) is 20.9. The maximum atomic E-state index is 12.7. The average Bonchev–Trinajstić information content (AvgIpc) is 3.51. The van der Waals surface area contributed by atoms with Gasteiger partial charge in [0.15, 0.2) is 16.7 Å². The van der Waals surface area contributed by atoms with Gasteiger partial charge in [0.05, 0.1) is 23.4 Å². The molecule has 0 radical (unpaired) electrons. The molecule has 0 aliphatic heterocycles. The van der Waals surface area contributed by atoms with Crippen molar-refractivity contribution < 1.29 is 14.0 Å². The Morgan fingerprint density at radius 2 is 2.07 bits per heavy atom. The summed E-state index contributed by atoms with van der Waals surface area (Å²) in [5.74, 6) is 1.70. The molecule has 0 saturated heterocycles. The number of amides is 1. The van der Waals surface area contributed by atoms with E-state index in [2.05, 4.69) is 20.1 Å². The molecule has 4 rings (SSSR count). The number of thioether (sulfide) groups is 1. The molecule has 1 aliphatic carbocycles. The molecule has 7 nitrogen and oxygen atoms in total. The standard InChI is InChI=1S/C21H24N4O3S2/c1-14(26)22-12-16-9-10-19(30-16)17(27)13-29-21-24-23-20(18-8-5-11-28-18)25(21)15-6-3-2-4-7-15/h5,8-11,15H,2-4,6-7,12-13H2,1H3,(H,22,26). The Hall–Kier alpha value is -2.39. The molecule has 1 aliphatic rings. The number of rotatable bonds is 8. The minimum atomic E-state index is -0.0822. The molecule has 0 unspecified atom stereocenters. The van der Waals surface area contributed by atoms with Crippen molar-refractivity contribution in [2.75, 3.05) is 5.75 Å². The largest absolute Gasteiger partial charge is 0.461 e. The van der Waals surface area contributed by atoms with Crippen LogP contribution in [0.5, 0.6) is 0 Å². The maximum Gasteiger partial charge on any atom is 0.217 e. The average molecular weight is 445 g/mol. The van der Waals surface area contributed by atoms with Crippen LogP contribution in [0.3, 0.4) is 0 Å². The molecule has 0 aromatic carbocycles. The zero-order chi connectivity index (χ0) is 20.9. The number of Topliss-reactive ketones (excluding diaryl/α,β-unsaturated/α-hetero) is 1. The lowest BCUT2D eigenvalue weighted by atomic mass is 9.95. The number of hydrogen-bond donors (Lipinski definition) is 1. The van der Waals surface area contributed by atoms with Gasteiger partial charge in [-0.1, -0.05) is 31.0 Å². The molecule has 0 bridgehead atoms. The number of carbonyl (C=O) groups is 2. The van der Waals surface area contributed by atoms with E-state index in [1.54, 1.807) is 6.26 Å². The fourth-order valence-corrected chi connectivity index (χ4v) is 5.52. The Kier molecular flexibility index (Phi) is 6.69. The lowest BCUT2D eigenvalue weighted by Gasteiger charge is -2.25. The molecule has 158 valence electrons. The van der Waals surface area contributed by atoms with E-state index in [-0.39, 0.29) is 11.7 Å². The third kappa shape index (κ3) is 4.84. The van der Waals surface area contributed by atoms with E-state index >= 15 is 0 Å². The van der Waals surface area contributed by atoms with Crippen LogP contribution in [0.4, 0.5) is 0 Å². The van der Waals surface area contributed by atoms with E-state index in [9.17, 15) is 9.59 Å². The summed E-state index contributed by atoms with van der Waals surface area (Å²) in [6.45, 7) is 1.93. The molecule has 9 heteroatoms. The summed E-state index contributed by atoms with van der Waals surface area (Å²) in [4.78, 5) is 25.4. The SMILES string of the molecule is CC(=O)NCc1ccc(C(=O)CSc2nnc(-c3ccco3)n2C2CCCCC2)s1. The molecular weight excluding hydrogens is 420 g/mol. The quantitative estimate of drug-likeness (QED) is 0.399. The second-order valence-corrected chi connectivity index (χ2v) is 9.44. The number of nitrogens with zero attached hydrogens (tertiary/aromatic N) is 3. The number of ketones is 1. The second kappa shape index (κ2) is 9.61. The molecule has 30 heavy (non-hydrogen) atoms.